The van der Waals surface area contributed by atoms with Crippen LogP contribution in [0, 0.1) is 5.92 Å². The number of methoxy groups -OCH3 is 1. The summed E-state index contributed by atoms with van der Waals surface area (Å²) in [6, 6.07) is 0. The van der Waals surface area contributed by atoms with E-state index in [4.69, 9.17) is 5.73 Å². The van der Waals surface area contributed by atoms with Crippen LogP contribution in [0.3, 0.4) is 0 Å². The minimum Gasteiger partial charge on any atom is -0.469 e. The van der Waals surface area contributed by atoms with Gasteiger partial charge in [-0.15, -0.1) is 12.4 Å². The number of nitrogens with two attached hydrogens (primary N) is 1. The summed E-state index contributed by atoms with van der Waals surface area (Å²) in [4.78, 5) is 24.4. The van der Waals surface area contributed by atoms with Crippen molar-refractivity contribution in [2.24, 2.45) is 11.7 Å². The van der Waals surface area contributed by atoms with Crippen LogP contribution in [0.4, 0.5) is 0 Å². The molecule has 0 aliphatic heterocycles. The fourth-order valence-corrected chi connectivity index (χ4v) is 1.50. The zero-order valence-corrected chi connectivity index (χ0v) is 10.7. The lowest BCUT2D eigenvalue weighted by atomic mass is 10.1. The van der Waals surface area contributed by atoms with Crippen molar-refractivity contribution in [2.75, 3.05) is 20.7 Å². The number of ether oxygens (including phenoxy) is 1. The first kappa shape index (κ1) is 15.2. The standard InChI is InChI=1S/C10H18N2O3.ClH/c1-7(8(13)15-3)6-12(2)9(14)10(11)4-5-10;/h7H,4-6,11H2,1-3H3;1H. The van der Waals surface area contributed by atoms with Gasteiger partial charge in [0.15, 0.2) is 0 Å². The highest BCUT2D eigenvalue weighted by Gasteiger charge is 2.47. The molecule has 0 radical (unpaired) electrons. The molecule has 16 heavy (non-hydrogen) atoms. The van der Waals surface area contributed by atoms with Gasteiger partial charge in [0.05, 0.1) is 18.6 Å². The van der Waals surface area contributed by atoms with Gasteiger partial charge in [-0.3, -0.25) is 9.59 Å². The van der Waals surface area contributed by atoms with Crippen molar-refractivity contribution in [3.63, 3.8) is 0 Å². The molecule has 0 aromatic heterocycles. The van der Waals surface area contributed by atoms with Crippen molar-refractivity contribution in [3.05, 3.63) is 0 Å². The van der Waals surface area contributed by atoms with Gasteiger partial charge in [0.2, 0.25) is 5.91 Å². The smallest absolute Gasteiger partial charge is 0.310 e. The molecule has 0 heterocycles. The maximum Gasteiger partial charge on any atom is 0.310 e. The molecule has 1 saturated carbocycles. The number of carbonyl (C=O) groups excluding carboxylic acids is 2. The van der Waals surface area contributed by atoms with Crippen LogP contribution in [0.25, 0.3) is 0 Å². The molecule has 5 nitrogen and oxygen atoms in total. The Bertz CT molecular complexity index is 279. The van der Waals surface area contributed by atoms with Gasteiger partial charge in [-0.1, -0.05) is 6.92 Å². The molecule has 1 aliphatic carbocycles. The number of likely N-dealkylation sites (N-methyl/N-ethyl adjacent to an activating group) is 1. The SMILES string of the molecule is COC(=O)C(C)CN(C)C(=O)C1(N)CC1.Cl. The third-order valence-corrected chi connectivity index (χ3v) is 2.71. The average molecular weight is 251 g/mol. The summed E-state index contributed by atoms with van der Waals surface area (Å²) in [5.74, 6) is -0.707. The lowest BCUT2D eigenvalue weighted by molar-refractivity contribution is -0.146. The number of rotatable bonds is 4. The van der Waals surface area contributed by atoms with Crippen LogP contribution in [0.5, 0.6) is 0 Å². The summed E-state index contributed by atoms with van der Waals surface area (Å²) in [7, 11) is 3.00. The molecule has 1 atom stereocenters. The second kappa shape index (κ2) is 5.50. The van der Waals surface area contributed by atoms with Crippen LogP contribution >= 0.6 is 12.4 Å². The van der Waals surface area contributed by atoms with Gasteiger partial charge in [-0.2, -0.15) is 0 Å². The Morgan fingerprint density at radius 2 is 2.00 bits per heavy atom. The van der Waals surface area contributed by atoms with E-state index >= 15 is 0 Å². The number of amides is 1. The van der Waals surface area contributed by atoms with Gasteiger partial charge in [-0.25, -0.2) is 0 Å². The Hall–Kier alpha value is -0.810. The van der Waals surface area contributed by atoms with E-state index in [1.807, 2.05) is 0 Å². The molecule has 1 amide bonds. The molecule has 94 valence electrons. The van der Waals surface area contributed by atoms with Crippen molar-refractivity contribution in [3.8, 4) is 0 Å². The second-order valence-corrected chi connectivity index (χ2v) is 4.27. The minimum atomic E-state index is -0.662. The zero-order chi connectivity index (χ0) is 11.6. The third-order valence-electron chi connectivity index (χ3n) is 2.71. The van der Waals surface area contributed by atoms with E-state index in [9.17, 15) is 9.59 Å². The van der Waals surface area contributed by atoms with E-state index in [0.717, 1.165) is 12.8 Å². The molecule has 1 unspecified atom stereocenters. The maximum atomic E-state index is 11.7. The van der Waals surface area contributed by atoms with Gasteiger partial charge in [-0.05, 0) is 12.8 Å². The van der Waals surface area contributed by atoms with E-state index in [0.29, 0.717) is 6.54 Å². The van der Waals surface area contributed by atoms with E-state index in [1.165, 1.54) is 12.0 Å². The molecular formula is C10H19ClN2O3. The van der Waals surface area contributed by atoms with Gasteiger partial charge in [0, 0.05) is 13.6 Å². The summed E-state index contributed by atoms with van der Waals surface area (Å²) in [6.45, 7) is 2.08. The summed E-state index contributed by atoms with van der Waals surface area (Å²) in [5.41, 5.74) is 5.11. The fraction of sp³-hybridized carbons (Fsp3) is 0.800. The molecule has 1 fully saturated rings. The molecule has 1 rings (SSSR count). The van der Waals surface area contributed by atoms with Crippen LogP contribution in [0.2, 0.25) is 0 Å². The summed E-state index contributed by atoms with van der Waals surface area (Å²) >= 11 is 0. The van der Waals surface area contributed by atoms with Crippen molar-refractivity contribution >= 4 is 24.3 Å². The van der Waals surface area contributed by atoms with Crippen molar-refractivity contribution in [1.29, 1.82) is 0 Å². The first-order chi connectivity index (χ1) is 6.90. The Balaban J connectivity index is 0.00000225. The third kappa shape index (κ3) is 3.35. The molecule has 6 heteroatoms. The molecule has 0 saturated heterocycles. The first-order valence-corrected chi connectivity index (χ1v) is 5.03. The highest BCUT2D eigenvalue weighted by atomic mass is 35.5. The van der Waals surface area contributed by atoms with Crippen LogP contribution in [-0.2, 0) is 14.3 Å². The number of nitrogens with zero attached hydrogens (tertiary/aromatic N) is 1. The molecule has 0 aromatic carbocycles. The van der Waals surface area contributed by atoms with Crippen molar-refractivity contribution < 1.29 is 14.3 Å². The van der Waals surface area contributed by atoms with Crippen LogP contribution in [0.1, 0.15) is 19.8 Å². The number of hydrogen-bond acceptors (Lipinski definition) is 4. The summed E-state index contributed by atoms with van der Waals surface area (Å²) < 4.78 is 4.59. The summed E-state index contributed by atoms with van der Waals surface area (Å²) in [5, 5.41) is 0. The van der Waals surface area contributed by atoms with Crippen LogP contribution in [-0.4, -0.2) is 43.0 Å². The van der Waals surface area contributed by atoms with E-state index < -0.39 is 5.54 Å². The molecule has 0 spiro atoms. The molecular weight excluding hydrogens is 232 g/mol. The number of carbonyl (C=O) groups is 2. The van der Waals surface area contributed by atoms with E-state index in [2.05, 4.69) is 4.74 Å². The Morgan fingerprint density at radius 1 is 1.50 bits per heavy atom. The monoisotopic (exact) mass is 250 g/mol. The molecule has 2 N–H and O–H groups in total. The second-order valence-electron chi connectivity index (χ2n) is 4.27. The molecule has 0 aromatic rings. The lowest BCUT2D eigenvalue weighted by Crippen LogP contribution is -2.46. The van der Waals surface area contributed by atoms with Crippen molar-refractivity contribution in [2.45, 2.75) is 25.3 Å². The normalized spacial score (nSPS) is 18.0. The number of hydrogen-bond donors (Lipinski definition) is 1. The topological polar surface area (TPSA) is 72.6 Å². The Kier molecular flexibility index (Phi) is 5.22. The van der Waals surface area contributed by atoms with Crippen molar-refractivity contribution in [1.82, 2.24) is 4.90 Å². The van der Waals surface area contributed by atoms with Gasteiger partial charge in [0.25, 0.3) is 0 Å². The quantitative estimate of drug-likeness (QED) is 0.722. The van der Waals surface area contributed by atoms with E-state index in [1.54, 1.807) is 14.0 Å². The average Bonchev–Trinajstić information content (AvgIpc) is 2.95. The molecule has 0 bridgehead atoms. The predicted molar refractivity (Wildman–Crippen MR) is 62.2 cm³/mol. The number of halogens is 1. The highest BCUT2D eigenvalue weighted by molar-refractivity contribution is 5.89. The number of esters is 1. The van der Waals surface area contributed by atoms with Gasteiger partial charge >= 0.3 is 5.97 Å². The fourth-order valence-electron chi connectivity index (χ4n) is 1.50. The summed E-state index contributed by atoms with van der Waals surface area (Å²) in [6.07, 6.45) is 1.48. The van der Waals surface area contributed by atoms with Crippen LogP contribution < -0.4 is 5.73 Å². The lowest BCUT2D eigenvalue weighted by Gasteiger charge is -2.23. The Morgan fingerprint density at radius 3 is 2.38 bits per heavy atom. The minimum absolute atomic E-state index is 0. The molecule has 1 aliphatic rings. The van der Waals surface area contributed by atoms with Gasteiger partial charge < -0.3 is 15.4 Å². The zero-order valence-electron chi connectivity index (χ0n) is 9.86. The first-order valence-electron chi connectivity index (χ1n) is 5.03. The van der Waals surface area contributed by atoms with E-state index in [-0.39, 0.29) is 30.2 Å². The van der Waals surface area contributed by atoms with Gasteiger partial charge in [0.1, 0.15) is 0 Å². The van der Waals surface area contributed by atoms with Crippen LogP contribution in [0.15, 0.2) is 0 Å². The maximum absolute atomic E-state index is 11.7. The largest absolute Gasteiger partial charge is 0.469 e. The Labute approximate surface area is 102 Å². The highest BCUT2D eigenvalue weighted by Crippen LogP contribution is 2.33. The predicted octanol–water partition coefficient (Wildman–Crippen LogP) is 0.167.